The first-order chi connectivity index (χ1) is 9.77. The Balaban J connectivity index is 1.94. The largest absolute Gasteiger partial charge is 0.341 e. The van der Waals surface area contributed by atoms with E-state index in [1.165, 1.54) is 18.2 Å². The lowest BCUT2D eigenvalue weighted by molar-refractivity contribution is -0.130. The number of carbonyl (C=O) groups excluding carboxylic acids is 1. The number of rotatable bonds is 3. The average Bonchev–Trinajstić information content (AvgIpc) is 2.82. The molecule has 0 radical (unpaired) electrons. The topological polar surface area (TPSA) is 63.9 Å². The summed E-state index contributed by atoms with van der Waals surface area (Å²) in [5, 5.41) is 12.5. The van der Waals surface area contributed by atoms with Crippen molar-refractivity contribution in [2.75, 3.05) is 18.8 Å². The van der Waals surface area contributed by atoms with Crippen LogP contribution < -0.4 is 0 Å². The molecule has 2 heterocycles. The van der Waals surface area contributed by atoms with Crippen molar-refractivity contribution >= 4 is 17.7 Å². The number of thioether (sulfide) groups is 1. The molecule has 1 aromatic heterocycles. The van der Waals surface area contributed by atoms with Gasteiger partial charge >= 0.3 is 0 Å². The van der Waals surface area contributed by atoms with E-state index in [0.29, 0.717) is 22.7 Å². The summed E-state index contributed by atoms with van der Waals surface area (Å²) in [6.45, 7) is 12.3. The molecule has 0 aromatic carbocycles. The van der Waals surface area contributed by atoms with E-state index in [1.807, 2.05) is 25.7 Å². The zero-order valence-corrected chi connectivity index (χ0v) is 14.4. The fourth-order valence-corrected chi connectivity index (χ4v) is 3.74. The van der Waals surface area contributed by atoms with Crippen LogP contribution in [-0.2, 0) is 10.3 Å². The van der Waals surface area contributed by atoms with Gasteiger partial charge < -0.3 is 4.90 Å². The summed E-state index contributed by atoms with van der Waals surface area (Å²) in [4.78, 5) is 14.4. The highest BCUT2D eigenvalue weighted by Gasteiger charge is 2.26. The number of likely N-dealkylation sites (tertiary alicyclic amines) is 1. The summed E-state index contributed by atoms with van der Waals surface area (Å²) < 4.78 is 1.77. The van der Waals surface area contributed by atoms with Gasteiger partial charge in [-0.25, -0.2) is 4.68 Å². The molecule has 1 aliphatic heterocycles. The molecule has 2 atom stereocenters. The van der Waals surface area contributed by atoms with Crippen molar-refractivity contribution < 1.29 is 4.79 Å². The van der Waals surface area contributed by atoms with Crippen molar-refractivity contribution in [2.45, 2.75) is 51.7 Å². The smallest absolute Gasteiger partial charge is 0.233 e. The predicted octanol–water partition coefficient (Wildman–Crippen LogP) is 2.02. The van der Waals surface area contributed by atoms with Gasteiger partial charge in [0.15, 0.2) is 0 Å². The minimum Gasteiger partial charge on any atom is -0.341 e. The third-order valence-electron chi connectivity index (χ3n) is 3.62. The molecular formula is C14H25N5OS. The molecule has 0 spiro atoms. The van der Waals surface area contributed by atoms with Gasteiger partial charge in [0.25, 0.3) is 0 Å². The minimum atomic E-state index is -0.178. The number of amides is 1. The first-order valence-electron chi connectivity index (χ1n) is 7.47. The molecule has 6 nitrogen and oxygen atoms in total. The van der Waals surface area contributed by atoms with Gasteiger partial charge in [0.05, 0.1) is 11.3 Å². The van der Waals surface area contributed by atoms with E-state index in [1.54, 1.807) is 4.68 Å². The number of piperidine rings is 1. The predicted molar refractivity (Wildman–Crippen MR) is 83.1 cm³/mol. The molecule has 7 heteroatoms. The van der Waals surface area contributed by atoms with Gasteiger partial charge in [-0.3, -0.25) is 4.79 Å². The van der Waals surface area contributed by atoms with Gasteiger partial charge in [-0.2, -0.15) is 0 Å². The Morgan fingerprint density at radius 1 is 1.29 bits per heavy atom. The summed E-state index contributed by atoms with van der Waals surface area (Å²) >= 11 is 1.42. The first-order valence-corrected chi connectivity index (χ1v) is 8.45. The average molecular weight is 311 g/mol. The molecule has 2 rings (SSSR count). The summed E-state index contributed by atoms with van der Waals surface area (Å²) in [6.07, 6.45) is 1.21. The lowest BCUT2D eigenvalue weighted by Gasteiger charge is -2.35. The fraction of sp³-hybridized carbons (Fsp3) is 0.857. The molecule has 0 aliphatic carbocycles. The van der Waals surface area contributed by atoms with Gasteiger partial charge in [-0.1, -0.05) is 25.6 Å². The summed E-state index contributed by atoms with van der Waals surface area (Å²) in [5.74, 6) is 1.75. The fourth-order valence-electron chi connectivity index (χ4n) is 2.77. The highest BCUT2D eigenvalue weighted by atomic mass is 32.2. The summed E-state index contributed by atoms with van der Waals surface area (Å²) in [6, 6.07) is 0. The third kappa shape index (κ3) is 4.18. The van der Waals surface area contributed by atoms with Crippen LogP contribution >= 0.6 is 11.8 Å². The minimum absolute atomic E-state index is 0.178. The van der Waals surface area contributed by atoms with Crippen LogP contribution in [0.3, 0.4) is 0 Å². The second kappa shape index (κ2) is 6.34. The summed E-state index contributed by atoms with van der Waals surface area (Å²) in [7, 11) is 0. The maximum atomic E-state index is 12.4. The Labute approximate surface area is 130 Å². The van der Waals surface area contributed by atoms with Crippen molar-refractivity contribution in [1.29, 1.82) is 0 Å². The first kappa shape index (κ1) is 16.3. The Morgan fingerprint density at radius 3 is 2.48 bits per heavy atom. The van der Waals surface area contributed by atoms with E-state index >= 15 is 0 Å². The van der Waals surface area contributed by atoms with Crippen molar-refractivity contribution in [3.05, 3.63) is 0 Å². The van der Waals surface area contributed by atoms with Gasteiger partial charge in [-0.05, 0) is 49.5 Å². The Hall–Kier alpha value is -1.11. The van der Waals surface area contributed by atoms with E-state index in [9.17, 15) is 4.79 Å². The van der Waals surface area contributed by atoms with Crippen LogP contribution in [-0.4, -0.2) is 49.9 Å². The third-order valence-corrected chi connectivity index (χ3v) is 4.53. The Morgan fingerprint density at radius 2 is 1.90 bits per heavy atom. The molecular weight excluding hydrogens is 286 g/mol. The van der Waals surface area contributed by atoms with Gasteiger partial charge in [0.1, 0.15) is 0 Å². The second-order valence-electron chi connectivity index (χ2n) is 7.08. The Kier molecular flexibility index (Phi) is 4.91. The van der Waals surface area contributed by atoms with Crippen LogP contribution in [0, 0.1) is 11.8 Å². The zero-order chi connectivity index (χ0) is 15.6. The standard InChI is InChI=1S/C14H25N5OS/c1-10-6-11(2)8-18(7-10)12(20)9-21-13-15-16-17-19(13)14(3,4)5/h10-11H,6-9H2,1-5H3. The number of nitrogens with zero attached hydrogens (tertiary/aromatic N) is 5. The maximum Gasteiger partial charge on any atom is 0.233 e. The van der Waals surface area contributed by atoms with E-state index in [0.717, 1.165) is 13.1 Å². The van der Waals surface area contributed by atoms with E-state index in [-0.39, 0.29) is 11.4 Å². The molecule has 1 aromatic rings. The molecule has 0 N–H and O–H groups in total. The molecule has 1 saturated heterocycles. The zero-order valence-electron chi connectivity index (χ0n) is 13.5. The molecule has 118 valence electrons. The highest BCUT2D eigenvalue weighted by Crippen LogP contribution is 2.24. The molecule has 1 amide bonds. The van der Waals surface area contributed by atoms with Crippen LogP contribution in [0.4, 0.5) is 0 Å². The number of tetrazole rings is 1. The van der Waals surface area contributed by atoms with Gasteiger partial charge in [0.2, 0.25) is 11.1 Å². The molecule has 1 fully saturated rings. The number of hydrogen-bond donors (Lipinski definition) is 0. The van der Waals surface area contributed by atoms with Crippen LogP contribution in [0.1, 0.15) is 41.0 Å². The quantitative estimate of drug-likeness (QED) is 0.799. The van der Waals surface area contributed by atoms with Crippen molar-refractivity contribution in [3.63, 3.8) is 0 Å². The van der Waals surface area contributed by atoms with Crippen molar-refractivity contribution in [1.82, 2.24) is 25.1 Å². The normalized spacial score (nSPS) is 23.4. The van der Waals surface area contributed by atoms with Crippen LogP contribution in [0.5, 0.6) is 0 Å². The van der Waals surface area contributed by atoms with Crippen molar-refractivity contribution in [2.24, 2.45) is 11.8 Å². The van der Waals surface area contributed by atoms with Crippen molar-refractivity contribution in [3.8, 4) is 0 Å². The second-order valence-corrected chi connectivity index (χ2v) is 8.02. The SMILES string of the molecule is CC1CC(C)CN(C(=O)CSc2nnnn2C(C)(C)C)C1. The molecule has 2 unspecified atom stereocenters. The molecule has 0 saturated carbocycles. The molecule has 1 aliphatic rings. The number of aromatic nitrogens is 4. The number of hydrogen-bond acceptors (Lipinski definition) is 5. The van der Waals surface area contributed by atoms with Crippen LogP contribution in [0.2, 0.25) is 0 Å². The highest BCUT2D eigenvalue weighted by molar-refractivity contribution is 7.99. The van der Waals surface area contributed by atoms with Gasteiger partial charge in [0, 0.05) is 13.1 Å². The monoisotopic (exact) mass is 311 g/mol. The van der Waals surface area contributed by atoms with Gasteiger partial charge in [-0.15, -0.1) is 5.10 Å². The summed E-state index contributed by atoms with van der Waals surface area (Å²) in [5.41, 5.74) is -0.178. The lowest BCUT2D eigenvalue weighted by Crippen LogP contribution is -2.43. The van der Waals surface area contributed by atoms with E-state index in [4.69, 9.17) is 0 Å². The Bertz CT molecular complexity index is 486. The molecule has 0 bridgehead atoms. The number of carbonyl (C=O) groups is 1. The molecule has 21 heavy (non-hydrogen) atoms. The van der Waals surface area contributed by atoms with Crippen LogP contribution in [0.25, 0.3) is 0 Å². The van der Waals surface area contributed by atoms with E-state index in [2.05, 4.69) is 29.4 Å². The lowest BCUT2D eigenvalue weighted by atomic mass is 9.92. The van der Waals surface area contributed by atoms with E-state index < -0.39 is 0 Å². The maximum absolute atomic E-state index is 12.4. The van der Waals surface area contributed by atoms with Crippen LogP contribution in [0.15, 0.2) is 5.16 Å².